The topological polar surface area (TPSA) is 67.6 Å². The van der Waals surface area contributed by atoms with Crippen molar-refractivity contribution >= 4 is 54.2 Å². The average molecular weight is 497 g/mol. The Kier molecular flexibility index (Phi) is 5.73. The number of rotatable bonds is 5. The number of amides is 1. The summed E-state index contributed by atoms with van der Waals surface area (Å²) in [7, 11) is -3.12. The number of halogens is 2. The van der Waals surface area contributed by atoms with Crippen LogP contribution in [0.2, 0.25) is 5.02 Å². The van der Waals surface area contributed by atoms with Crippen molar-refractivity contribution in [2.75, 3.05) is 11.5 Å². The van der Waals surface area contributed by atoms with Gasteiger partial charge in [0.2, 0.25) is 5.91 Å². The summed E-state index contributed by atoms with van der Waals surface area (Å²) in [4.78, 5) is 14.9. The molecular weight excluding hydrogens is 478 g/mol. The van der Waals surface area contributed by atoms with Crippen molar-refractivity contribution in [3.05, 3.63) is 69.3 Å². The minimum absolute atomic E-state index is 0.00299. The largest absolute Gasteiger partial charge is 0.464 e. The maximum Gasteiger partial charge on any atom is 0.227 e. The summed E-state index contributed by atoms with van der Waals surface area (Å²) in [5, 5.41) is 1.45. The molecule has 2 aromatic carbocycles. The van der Waals surface area contributed by atoms with Gasteiger partial charge in [-0.25, -0.2) is 8.42 Å². The van der Waals surface area contributed by atoms with Crippen LogP contribution in [0.15, 0.2) is 57.6 Å². The van der Waals surface area contributed by atoms with E-state index in [-0.39, 0.29) is 29.9 Å². The Hall–Kier alpha value is -1.83. The molecule has 1 saturated heterocycles. The van der Waals surface area contributed by atoms with Crippen LogP contribution in [-0.2, 0) is 27.6 Å². The number of hydrogen-bond acceptors (Lipinski definition) is 4. The highest BCUT2D eigenvalue weighted by Crippen LogP contribution is 2.27. The summed E-state index contributed by atoms with van der Waals surface area (Å²) in [6, 6.07) is 12.6. The number of hydrogen-bond donors (Lipinski definition) is 0. The second-order valence-electron chi connectivity index (χ2n) is 7.29. The lowest BCUT2D eigenvalue weighted by Gasteiger charge is -2.28. The molecule has 2 heterocycles. The van der Waals surface area contributed by atoms with Gasteiger partial charge in [0.25, 0.3) is 0 Å². The molecular formula is C21H19BrClNO4S. The quantitative estimate of drug-likeness (QED) is 0.517. The molecule has 0 aliphatic carbocycles. The number of carbonyl (C=O) groups excluding carboxylic acids is 1. The molecule has 1 amide bonds. The predicted molar refractivity (Wildman–Crippen MR) is 117 cm³/mol. The van der Waals surface area contributed by atoms with Gasteiger partial charge < -0.3 is 9.32 Å². The number of sulfone groups is 1. The molecule has 29 heavy (non-hydrogen) atoms. The van der Waals surface area contributed by atoms with E-state index in [9.17, 15) is 13.2 Å². The summed E-state index contributed by atoms with van der Waals surface area (Å²) in [6.45, 7) is 0.319. The zero-order chi connectivity index (χ0) is 20.6. The van der Waals surface area contributed by atoms with Crippen LogP contribution in [0.3, 0.4) is 0 Å². The first kappa shape index (κ1) is 20.4. The summed E-state index contributed by atoms with van der Waals surface area (Å²) in [6.07, 6.45) is 2.19. The van der Waals surface area contributed by atoms with Crippen LogP contribution >= 0.6 is 27.5 Å². The first-order valence-electron chi connectivity index (χ1n) is 9.21. The third-order valence-electron chi connectivity index (χ3n) is 5.17. The smallest absolute Gasteiger partial charge is 0.227 e. The molecule has 0 spiro atoms. The van der Waals surface area contributed by atoms with Crippen LogP contribution in [0.25, 0.3) is 11.0 Å². The van der Waals surface area contributed by atoms with Gasteiger partial charge >= 0.3 is 0 Å². The molecule has 0 radical (unpaired) electrons. The molecule has 8 heteroatoms. The van der Waals surface area contributed by atoms with Crippen molar-refractivity contribution in [3.8, 4) is 0 Å². The minimum atomic E-state index is -3.12. The van der Waals surface area contributed by atoms with Crippen molar-refractivity contribution in [2.24, 2.45) is 0 Å². The summed E-state index contributed by atoms with van der Waals surface area (Å²) >= 11 is 9.54. The Morgan fingerprint density at radius 2 is 2.07 bits per heavy atom. The standard InChI is InChI=1S/C21H19BrClNO4S/c22-16-4-5-20-19(10-16)15(12-28-20)9-21(25)24(18-6-7-29(26,27)13-18)11-14-2-1-3-17(23)8-14/h1-5,8,10,12,18H,6-7,9,11,13H2. The lowest BCUT2D eigenvalue weighted by Crippen LogP contribution is -2.41. The van der Waals surface area contributed by atoms with Crippen LogP contribution in [0.5, 0.6) is 0 Å². The molecule has 1 aliphatic heterocycles. The average Bonchev–Trinajstić information content (AvgIpc) is 3.22. The summed E-state index contributed by atoms with van der Waals surface area (Å²) in [5.74, 6) is -0.0231. The predicted octanol–water partition coefficient (Wildman–Crippen LogP) is 4.61. The zero-order valence-electron chi connectivity index (χ0n) is 15.5. The summed E-state index contributed by atoms with van der Waals surface area (Å²) < 4.78 is 30.5. The molecule has 3 aromatic rings. The van der Waals surface area contributed by atoms with Crippen LogP contribution < -0.4 is 0 Å². The van der Waals surface area contributed by atoms with Gasteiger partial charge in [-0.3, -0.25) is 4.79 Å². The number of furan rings is 1. The molecule has 1 unspecified atom stereocenters. The van der Waals surface area contributed by atoms with Gasteiger partial charge in [-0.15, -0.1) is 0 Å². The van der Waals surface area contributed by atoms with E-state index >= 15 is 0 Å². The maximum atomic E-state index is 13.3. The molecule has 0 saturated carbocycles. The molecule has 1 atom stereocenters. The fourth-order valence-corrected chi connectivity index (χ4v) is 6.03. The van der Waals surface area contributed by atoms with Crippen molar-refractivity contribution < 1.29 is 17.6 Å². The molecule has 0 bridgehead atoms. The van der Waals surface area contributed by atoms with Gasteiger partial charge in [0, 0.05) is 33.0 Å². The van der Waals surface area contributed by atoms with Gasteiger partial charge in [-0.05, 0) is 42.3 Å². The van der Waals surface area contributed by atoms with E-state index < -0.39 is 9.84 Å². The second kappa shape index (κ2) is 8.13. The Morgan fingerprint density at radius 1 is 1.24 bits per heavy atom. The number of fused-ring (bicyclic) bond motifs is 1. The lowest BCUT2D eigenvalue weighted by molar-refractivity contribution is -0.133. The first-order valence-corrected chi connectivity index (χ1v) is 12.2. The van der Waals surface area contributed by atoms with Crippen molar-refractivity contribution in [2.45, 2.75) is 25.4 Å². The van der Waals surface area contributed by atoms with Gasteiger partial charge in [-0.2, -0.15) is 0 Å². The van der Waals surface area contributed by atoms with E-state index in [0.29, 0.717) is 23.6 Å². The van der Waals surface area contributed by atoms with E-state index in [1.165, 1.54) is 0 Å². The van der Waals surface area contributed by atoms with Crippen LogP contribution in [-0.4, -0.2) is 36.8 Å². The van der Waals surface area contributed by atoms with E-state index in [4.69, 9.17) is 16.0 Å². The fourth-order valence-electron chi connectivity index (χ4n) is 3.73. The van der Waals surface area contributed by atoms with Gasteiger partial charge in [0.05, 0.1) is 24.2 Å². The molecule has 0 N–H and O–H groups in total. The fraction of sp³-hybridized carbons (Fsp3) is 0.286. The Morgan fingerprint density at radius 3 is 2.79 bits per heavy atom. The number of benzene rings is 2. The molecule has 1 fully saturated rings. The zero-order valence-corrected chi connectivity index (χ0v) is 18.6. The monoisotopic (exact) mass is 495 g/mol. The van der Waals surface area contributed by atoms with Crippen molar-refractivity contribution in [1.82, 2.24) is 4.90 Å². The normalized spacial score (nSPS) is 18.2. The minimum Gasteiger partial charge on any atom is -0.464 e. The molecule has 152 valence electrons. The van der Waals surface area contributed by atoms with Crippen LogP contribution in [0.4, 0.5) is 0 Å². The Bertz CT molecular complexity index is 1170. The Labute approximate surface area is 182 Å². The Balaban J connectivity index is 1.62. The van der Waals surface area contributed by atoms with Gasteiger partial charge in [0.15, 0.2) is 9.84 Å². The molecule has 4 rings (SSSR count). The molecule has 1 aromatic heterocycles. The third-order valence-corrected chi connectivity index (χ3v) is 7.65. The van der Waals surface area contributed by atoms with E-state index in [1.807, 2.05) is 30.3 Å². The van der Waals surface area contributed by atoms with E-state index in [0.717, 1.165) is 21.0 Å². The van der Waals surface area contributed by atoms with Gasteiger partial charge in [0.1, 0.15) is 5.58 Å². The maximum absolute atomic E-state index is 13.3. The molecule has 5 nitrogen and oxygen atoms in total. The highest BCUT2D eigenvalue weighted by molar-refractivity contribution is 9.10. The third kappa shape index (κ3) is 4.68. The van der Waals surface area contributed by atoms with E-state index in [1.54, 1.807) is 23.3 Å². The highest BCUT2D eigenvalue weighted by Gasteiger charge is 2.34. The number of nitrogens with zero attached hydrogens (tertiary/aromatic N) is 1. The van der Waals surface area contributed by atoms with Crippen molar-refractivity contribution in [1.29, 1.82) is 0 Å². The SMILES string of the molecule is O=C(Cc1coc2ccc(Br)cc12)N(Cc1cccc(Cl)c1)C1CCS(=O)(=O)C1. The second-order valence-corrected chi connectivity index (χ2v) is 10.9. The lowest BCUT2D eigenvalue weighted by atomic mass is 10.1. The molecule has 1 aliphatic rings. The van der Waals surface area contributed by atoms with Crippen molar-refractivity contribution in [3.63, 3.8) is 0 Å². The van der Waals surface area contributed by atoms with Crippen LogP contribution in [0, 0.1) is 0 Å². The first-order chi connectivity index (χ1) is 13.8. The van der Waals surface area contributed by atoms with Crippen LogP contribution in [0.1, 0.15) is 17.5 Å². The highest BCUT2D eigenvalue weighted by atomic mass is 79.9. The summed E-state index contributed by atoms with van der Waals surface area (Å²) in [5.41, 5.74) is 2.36. The van der Waals surface area contributed by atoms with Gasteiger partial charge in [-0.1, -0.05) is 39.7 Å². The number of carbonyl (C=O) groups is 1. The van der Waals surface area contributed by atoms with E-state index in [2.05, 4.69) is 15.9 Å².